The van der Waals surface area contributed by atoms with Crippen molar-refractivity contribution in [3.8, 4) is 5.75 Å². The van der Waals surface area contributed by atoms with E-state index in [0.717, 1.165) is 49.0 Å². The number of nitrogens with zero attached hydrogens (tertiary/aromatic N) is 2. The summed E-state index contributed by atoms with van der Waals surface area (Å²) < 4.78 is 10.9. The first-order valence-corrected chi connectivity index (χ1v) is 9.64. The van der Waals surface area contributed by atoms with Crippen LogP contribution in [0.15, 0.2) is 33.8 Å². The summed E-state index contributed by atoms with van der Waals surface area (Å²) >= 11 is 0. The Bertz CT molecular complexity index is 736. The van der Waals surface area contributed by atoms with Crippen molar-refractivity contribution in [3.63, 3.8) is 0 Å². The highest BCUT2D eigenvalue weighted by molar-refractivity contribution is 5.79. The number of aromatic nitrogens is 1. The summed E-state index contributed by atoms with van der Waals surface area (Å²) in [7, 11) is 3.47. The molecule has 0 aliphatic heterocycles. The standard InChI is InChI=1S/C21H32N4O2/c1-6-16(7-2)19-13-18(27-25-19)14-24-21(22-4)23-11-10-17-12-15(3)8-9-20(17)26-5/h8-9,12-13,16H,6-7,10-11,14H2,1-5H3,(H2,22,23,24). The minimum atomic E-state index is 0.462. The number of methoxy groups -OCH3 is 1. The van der Waals surface area contributed by atoms with Gasteiger partial charge in [-0.3, -0.25) is 4.99 Å². The lowest BCUT2D eigenvalue weighted by atomic mass is 9.99. The van der Waals surface area contributed by atoms with Gasteiger partial charge < -0.3 is 19.9 Å². The smallest absolute Gasteiger partial charge is 0.191 e. The maximum Gasteiger partial charge on any atom is 0.191 e. The fraction of sp³-hybridized carbons (Fsp3) is 0.524. The third-order valence-corrected chi connectivity index (χ3v) is 4.76. The number of ether oxygens (including phenoxy) is 1. The highest BCUT2D eigenvalue weighted by atomic mass is 16.5. The number of aryl methyl sites for hydroxylation is 1. The normalized spacial score (nSPS) is 11.7. The van der Waals surface area contributed by atoms with Crippen LogP contribution in [-0.4, -0.2) is 31.8 Å². The molecule has 0 saturated heterocycles. The van der Waals surface area contributed by atoms with Crippen LogP contribution in [-0.2, 0) is 13.0 Å². The summed E-state index contributed by atoms with van der Waals surface area (Å²) in [5, 5.41) is 10.8. The van der Waals surface area contributed by atoms with Crippen LogP contribution in [0.1, 0.15) is 55.2 Å². The van der Waals surface area contributed by atoms with Crippen LogP contribution in [0.2, 0.25) is 0 Å². The Morgan fingerprint density at radius 2 is 2.00 bits per heavy atom. The highest BCUT2D eigenvalue weighted by Gasteiger charge is 2.13. The van der Waals surface area contributed by atoms with Crippen molar-refractivity contribution in [2.75, 3.05) is 20.7 Å². The summed E-state index contributed by atoms with van der Waals surface area (Å²) in [6, 6.07) is 8.27. The molecule has 6 heteroatoms. The molecule has 6 nitrogen and oxygen atoms in total. The van der Waals surface area contributed by atoms with Crippen LogP contribution in [0.4, 0.5) is 0 Å². The molecule has 2 aromatic rings. The molecule has 0 amide bonds. The molecule has 0 spiro atoms. The Labute approximate surface area is 162 Å². The largest absolute Gasteiger partial charge is 0.496 e. The van der Waals surface area contributed by atoms with E-state index < -0.39 is 0 Å². The Morgan fingerprint density at radius 3 is 2.67 bits per heavy atom. The maximum absolute atomic E-state index is 5.45. The van der Waals surface area contributed by atoms with Gasteiger partial charge in [0.2, 0.25) is 0 Å². The quantitative estimate of drug-likeness (QED) is 0.517. The first-order chi connectivity index (χ1) is 13.1. The van der Waals surface area contributed by atoms with E-state index in [1.165, 1.54) is 11.1 Å². The molecule has 1 heterocycles. The van der Waals surface area contributed by atoms with Gasteiger partial charge in [0, 0.05) is 25.6 Å². The summed E-state index contributed by atoms with van der Waals surface area (Å²) in [5.74, 6) is 2.94. The summed E-state index contributed by atoms with van der Waals surface area (Å²) in [6.07, 6.45) is 3.00. The van der Waals surface area contributed by atoms with E-state index in [0.29, 0.717) is 12.5 Å². The molecule has 1 aromatic carbocycles. The minimum absolute atomic E-state index is 0.462. The Kier molecular flexibility index (Phi) is 8.17. The van der Waals surface area contributed by atoms with Gasteiger partial charge in [0.15, 0.2) is 11.7 Å². The first kappa shape index (κ1) is 20.8. The van der Waals surface area contributed by atoms with E-state index in [4.69, 9.17) is 9.26 Å². The summed E-state index contributed by atoms with van der Waals surface area (Å²) in [4.78, 5) is 4.27. The monoisotopic (exact) mass is 372 g/mol. The van der Waals surface area contributed by atoms with Crippen molar-refractivity contribution < 1.29 is 9.26 Å². The average molecular weight is 373 g/mol. The van der Waals surface area contributed by atoms with Gasteiger partial charge >= 0.3 is 0 Å². The highest BCUT2D eigenvalue weighted by Crippen LogP contribution is 2.22. The molecule has 0 fully saturated rings. The SMILES string of the molecule is CCC(CC)c1cc(CNC(=NC)NCCc2cc(C)ccc2OC)on1. The Balaban J connectivity index is 1.84. The molecule has 2 rings (SSSR count). The number of aliphatic imine (C=N–C) groups is 1. The summed E-state index contributed by atoms with van der Waals surface area (Å²) in [5.41, 5.74) is 3.45. The van der Waals surface area contributed by atoms with Crippen molar-refractivity contribution in [2.24, 2.45) is 4.99 Å². The predicted molar refractivity (Wildman–Crippen MR) is 109 cm³/mol. The molecule has 0 unspecified atom stereocenters. The zero-order valence-corrected chi connectivity index (χ0v) is 17.1. The van der Waals surface area contributed by atoms with Gasteiger partial charge in [-0.1, -0.05) is 36.7 Å². The molecular formula is C21H32N4O2. The number of nitrogens with one attached hydrogen (secondary N) is 2. The lowest BCUT2D eigenvalue weighted by Crippen LogP contribution is -2.37. The van der Waals surface area contributed by atoms with Crippen LogP contribution in [0.25, 0.3) is 0 Å². The minimum Gasteiger partial charge on any atom is -0.496 e. The van der Waals surface area contributed by atoms with Gasteiger partial charge in [-0.25, -0.2) is 0 Å². The number of rotatable bonds is 9. The fourth-order valence-corrected chi connectivity index (χ4v) is 3.12. The molecule has 0 radical (unpaired) electrons. The second kappa shape index (κ2) is 10.6. The fourth-order valence-electron chi connectivity index (χ4n) is 3.12. The lowest BCUT2D eigenvalue weighted by Gasteiger charge is -2.13. The average Bonchev–Trinajstić information content (AvgIpc) is 3.14. The van der Waals surface area contributed by atoms with Gasteiger partial charge in [0.05, 0.1) is 19.3 Å². The van der Waals surface area contributed by atoms with Gasteiger partial charge in [-0.15, -0.1) is 0 Å². The van der Waals surface area contributed by atoms with Crippen molar-refractivity contribution >= 4 is 5.96 Å². The molecule has 148 valence electrons. The third-order valence-electron chi connectivity index (χ3n) is 4.76. The molecule has 0 saturated carbocycles. The molecule has 0 atom stereocenters. The van der Waals surface area contributed by atoms with Crippen LogP contribution in [0.3, 0.4) is 0 Å². The number of hydrogen-bond acceptors (Lipinski definition) is 4. The van der Waals surface area contributed by atoms with Crippen molar-refractivity contribution in [2.45, 2.75) is 52.5 Å². The van der Waals surface area contributed by atoms with Crippen LogP contribution >= 0.6 is 0 Å². The van der Waals surface area contributed by atoms with Crippen LogP contribution in [0.5, 0.6) is 5.75 Å². The predicted octanol–water partition coefficient (Wildman–Crippen LogP) is 3.80. The van der Waals surface area contributed by atoms with E-state index in [1.54, 1.807) is 14.2 Å². The van der Waals surface area contributed by atoms with E-state index in [-0.39, 0.29) is 0 Å². The Morgan fingerprint density at radius 1 is 1.22 bits per heavy atom. The van der Waals surface area contributed by atoms with Crippen LogP contribution in [0, 0.1) is 6.92 Å². The molecule has 2 N–H and O–H groups in total. The lowest BCUT2D eigenvalue weighted by molar-refractivity contribution is 0.368. The van der Waals surface area contributed by atoms with E-state index in [9.17, 15) is 0 Å². The van der Waals surface area contributed by atoms with E-state index in [1.807, 2.05) is 12.1 Å². The van der Waals surface area contributed by atoms with E-state index >= 15 is 0 Å². The third kappa shape index (κ3) is 6.01. The topological polar surface area (TPSA) is 71.7 Å². The molecule has 0 aliphatic rings. The second-order valence-corrected chi connectivity index (χ2v) is 6.65. The number of hydrogen-bond donors (Lipinski definition) is 2. The van der Waals surface area contributed by atoms with Crippen LogP contribution < -0.4 is 15.4 Å². The molecule has 0 aliphatic carbocycles. The van der Waals surface area contributed by atoms with Gasteiger partial charge in [-0.2, -0.15) is 0 Å². The number of benzene rings is 1. The molecule has 27 heavy (non-hydrogen) atoms. The van der Waals surface area contributed by atoms with Crippen molar-refractivity contribution in [1.82, 2.24) is 15.8 Å². The summed E-state index contributed by atoms with van der Waals surface area (Å²) in [6.45, 7) is 7.76. The maximum atomic E-state index is 5.45. The second-order valence-electron chi connectivity index (χ2n) is 6.65. The molecular weight excluding hydrogens is 340 g/mol. The van der Waals surface area contributed by atoms with Gasteiger partial charge in [0.25, 0.3) is 0 Å². The molecule has 0 bridgehead atoms. The Hall–Kier alpha value is -2.50. The van der Waals surface area contributed by atoms with Crippen molar-refractivity contribution in [1.29, 1.82) is 0 Å². The van der Waals surface area contributed by atoms with E-state index in [2.05, 4.69) is 53.7 Å². The zero-order valence-electron chi connectivity index (χ0n) is 17.1. The molecule has 1 aromatic heterocycles. The first-order valence-electron chi connectivity index (χ1n) is 9.64. The van der Waals surface area contributed by atoms with Crippen molar-refractivity contribution in [3.05, 3.63) is 46.8 Å². The van der Waals surface area contributed by atoms with Gasteiger partial charge in [0.1, 0.15) is 5.75 Å². The van der Waals surface area contributed by atoms with Gasteiger partial charge in [-0.05, 0) is 37.8 Å². The zero-order chi connectivity index (χ0) is 19.6. The number of guanidine groups is 1.